The van der Waals surface area contributed by atoms with Crippen LogP contribution in [0.3, 0.4) is 0 Å². The van der Waals surface area contributed by atoms with Crippen molar-refractivity contribution in [3.05, 3.63) is 146 Å². The maximum absolute atomic E-state index is 16.3. The number of benzene rings is 5. The van der Waals surface area contributed by atoms with Gasteiger partial charge in [-0.1, -0.05) is 160 Å². The minimum Gasteiger partial charge on any atom is -0.261 e. The fourth-order valence-electron chi connectivity index (χ4n) is 5.80. The van der Waals surface area contributed by atoms with E-state index >= 15 is 4.21 Å². The van der Waals surface area contributed by atoms with Gasteiger partial charge in [0.2, 0.25) is 0 Å². The number of nitrogens with zero attached hydrogens (tertiary/aromatic N) is 1. The Morgan fingerprint density at radius 1 is 0.535 bits per heavy atom. The quantitative estimate of drug-likeness (QED) is 0.136. The third-order valence-corrected chi connectivity index (χ3v) is 19.9. The summed E-state index contributed by atoms with van der Waals surface area (Å²) in [6.07, 6.45) is 0. The van der Waals surface area contributed by atoms with Crippen LogP contribution in [0.4, 0.5) is 0 Å². The lowest BCUT2D eigenvalue weighted by atomic mass is 10.2. The Morgan fingerprint density at radius 3 is 1.30 bits per heavy atom. The highest BCUT2D eigenvalue weighted by Gasteiger charge is 2.51. The molecule has 5 heteroatoms. The van der Waals surface area contributed by atoms with E-state index < -0.39 is 30.6 Å². The Kier molecular flexibility index (Phi) is 8.95. The molecule has 5 rings (SSSR count). The molecule has 0 aliphatic heterocycles. The molecule has 0 spiro atoms. The van der Waals surface area contributed by atoms with Crippen molar-refractivity contribution in [2.75, 3.05) is 0 Å². The lowest BCUT2D eigenvalue weighted by Gasteiger charge is -2.42. The summed E-state index contributed by atoms with van der Waals surface area (Å²) in [6.45, 7) is 13.1. The molecule has 0 saturated heterocycles. The first-order chi connectivity index (χ1) is 20.5. The van der Waals surface area contributed by atoms with Gasteiger partial charge in [-0.05, 0) is 60.8 Å². The summed E-state index contributed by atoms with van der Waals surface area (Å²) in [5.74, 6) is 0. The summed E-state index contributed by atoms with van der Waals surface area (Å²) in [5, 5.41) is 5.67. The van der Waals surface area contributed by atoms with Gasteiger partial charge in [0.05, 0.1) is 14.6 Å². The van der Waals surface area contributed by atoms with Crippen molar-refractivity contribution in [3.8, 4) is 0 Å². The predicted octanol–water partition coefficient (Wildman–Crippen LogP) is 7.63. The molecule has 0 N–H and O–H groups in total. The first-order valence-corrected chi connectivity index (χ1v) is 19.7. The average Bonchev–Trinajstić information content (AvgIpc) is 3.01. The van der Waals surface area contributed by atoms with Crippen molar-refractivity contribution in [2.45, 2.75) is 56.2 Å². The molecule has 43 heavy (non-hydrogen) atoms. The molecule has 0 bridgehead atoms. The monoisotopic (exact) mass is 619 g/mol. The normalized spacial score (nSPS) is 13.8. The average molecular weight is 620 g/mol. The van der Waals surface area contributed by atoms with Crippen LogP contribution in [0.1, 0.15) is 41.5 Å². The lowest BCUT2D eigenvalue weighted by Crippen LogP contribution is -2.64. The van der Waals surface area contributed by atoms with E-state index in [0.717, 1.165) is 10.2 Å². The number of hydrogen-bond acceptors (Lipinski definition) is 2. The number of rotatable bonds is 7. The first-order valence-electron chi connectivity index (χ1n) is 14.9. The summed E-state index contributed by atoms with van der Waals surface area (Å²) in [6, 6.07) is 51.0. The van der Waals surface area contributed by atoms with Crippen LogP contribution >= 0.6 is 7.92 Å². The molecule has 2 nitrogen and oxygen atoms in total. The SMILES string of the molecule is CC(C)(C)[Si](N=[S@](=O)(c1ccccc1P(c1ccccc1)c1ccccc1)C(C)(C)C)(c1ccccc1)c1ccccc1. The molecule has 5 aromatic rings. The zero-order chi connectivity index (χ0) is 30.7. The molecule has 0 aromatic heterocycles. The van der Waals surface area contributed by atoms with Crippen LogP contribution in [-0.2, 0) is 9.73 Å². The van der Waals surface area contributed by atoms with E-state index in [1.54, 1.807) is 0 Å². The van der Waals surface area contributed by atoms with E-state index in [2.05, 4.69) is 181 Å². The Morgan fingerprint density at radius 2 is 0.907 bits per heavy atom. The fraction of sp³-hybridized carbons (Fsp3) is 0.211. The van der Waals surface area contributed by atoms with Gasteiger partial charge < -0.3 is 0 Å². The summed E-state index contributed by atoms with van der Waals surface area (Å²) in [5.41, 5.74) is 0. The second kappa shape index (κ2) is 12.4. The molecular formula is C38H42NOPSSi. The third-order valence-electron chi connectivity index (χ3n) is 8.00. The van der Waals surface area contributed by atoms with Gasteiger partial charge in [-0.2, -0.15) is 0 Å². The molecule has 0 aliphatic rings. The van der Waals surface area contributed by atoms with Gasteiger partial charge in [0, 0.05) is 10.1 Å². The minimum absolute atomic E-state index is 0.262. The summed E-state index contributed by atoms with van der Waals surface area (Å²) in [4.78, 5) is 0.856. The molecule has 1 atom stereocenters. The van der Waals surface area contributed by atoms with Gasteiger partial charge in [0.1, 0.15) is 0 Å². The van der Waals surface area contributed by atoms with Gasteiger partial charge in [-0.3, -0.25) is 4.03 Å². The highest BCUT2D eigenvalue weighted by molar-refractivity contribution is 7.97. The van der Waals surface area contributed by atoms with Crippen LogP contribution in [0, 0.1) is 0 Å². The molecule has 0 heterocycles. The van der Waals surface area contributed by atoms with E-state index in [1.165, 1.54) is 21.0 Å². The lowest BCUT2D eigenvalue weighted by molar-refractivity contribution is 0.639. The first kappa shape index (κ1) is 31.1. The second-order valence-corrected chi connectivity index (χ2v) is 22.6. The van der Waals surface area contributed by atoms with Crippen molar-refractivity contribution >= 4 is 52.2 Å². The van der Waals surface area contributed by atoms with Gasteiger partial charge in [-0.15, -0.1) is 0 Å². The van der Waals surface area contributed by atoms with Crippen molar-refractivity contribution < 1.29 is 4.21 Å². The van der Waals surface area contributed by atoms with Crippen molar-refractivity contribution in [1.29, 1.82) is 0 Å². The van der Waals surface area contributed by atoms with Crippen molar-refractivity contribution in [3.63, 3.8) is 0 Å². The molecule has 0 radical (unpaired) electrons. The predicted molar refractivity (Wildman–Crippen MR) is 191 cm³/mol. The second-order valence-electron chi connectivity index (χ2n) is 12.9. The molecule has 0 fully saturated rings. The topological polar surface area (TPSA) is 29.4 Å². The molecule has 0 saturated carbocycles. The van der Waals surface area contributed by atoms with Gasteiger partial charge in [0.25, 0.3) is 8.24 Å². The molecule has 0 amide bonds. The molecule has 0 unspecified atom stereocenters. The minimum atomic E-state index is -3.04. The Bertz CT molecular complexity index is 1690. The van der Waals surface area contributed by atoms with E-state index in [0.29, 0.717) is 0 Å². The highest BCUT2D eigenvalue weighted by Crippen LogP contribution is 2.43. The van der Waals surface area contributed by atoms with Crippen LogP contribution in [-0.4, -0.2) is 17.2 Å². The van der Waals surface area contributed by atoms with Crippen molar-refractivity contribution in [2.24, 2.45) is 4.03 Å². The number of hydrogen-bond donors (Lipinski definition) is 0. The van der Waals surface area contributed by atoms with Gasteiger partial charge in [-0.25, -0.2) is 4.21 Å². The van der Waals surface area contributed by atoms with Gasteiger partial charge in [0.15, 0.2) is 0 Å². The highest BCUT2D eigenvalue weighted by atomic mass is 32.2. The molecule has 5 aromatic carbocycles. The van der Waals surface area contributed by atoms with E-state index in [-0.39, 0.29) is 5.04 Å². The molecule has 220 valence electrons. The van der Waals surface area contributed by atoms with Crippen LogP contribution in [0.25, 0.3) is 0 Å². The Hall–Kier alpha value is -3.30. The fourth-order valence-corrected chi connectivity index (χ4v) is 18.4. The van der Waals surface area contributed by atoms with Crippen LogP contribution in [0.5, 0.6) is 0 Å². The molecule has 0 aliphatic carbocycles. The molecular weight excluding hydrogens is 578 g/mol. The summed E-state index contributed by atoms with van der Waals surface area (Å²) in [7, 11) is -7.03. The van der Waals surface area contributed by atoms with Crippen molar-refractivity contribution in [1.82, 2.24) is 0 Å². The largest absolute Gasteiger partial charge is 0.261 e. The standard InChI is InChI=1S/C38H42NOPSSi/c1-37(2,3)42(40,39-43(38(4,5)6,33-25-15-9-16-26-33)34-27-17-10-18-28-34)36-30-20-19-29-35(36)41(31-21-11-7-12-22-31)32-23-13-8-14-24-32/h7-30H,1-6H3/t42-/m0/s1. The maximum Gasteiger partial charge on any atom is 0.260 e. The maximum atomic E-state index is 16.3. The van der Waals surface area contributed by atoms with Crippen LogP contribution in [0.2, 0.25) is 5.04 Å². The smallest absolute Gasteiger partial charge is 0.260 e. The van der Waals surface area contributed by atoms with E-state index in [4.69, 9.17) is 4.03 Å². The van der Waals surface area contributed by atoms with Crippen LogP contribution < -0.4 is 26.3 Å². The van der Waals surface area contributed by atoms with Crippen LogP contribution in [0.15, 0.2) is 155 Å². The summed E-state index contributed by atoms with van der Waals surface area (Å²) < 4.78 is 21.5. The van der Waals surface area contributed by atoms with Gasteiger partial charge >= 0.3 is 0 Å². The van der Waals surface area contributed by atoms with E-state index in [9.17, 15) is 0 Å². The Balaban J connectivity index is 1.93. The van der Waals surface area contributed by atoms with E-state index in [1.807, 2.05) is 6.07 Å². The zero-order valence-corrected chi connectivity index (χ0v) is 28.8. The summed E-state index contributed by atoms with van der Waals surface area (Å²) >= 11 is 0. The Labute approximate surface area is 261 Å². The zero-order valence-electron chi connectivity index (χ0n) is 26.1. The third kappa shape index (κ3) is 5.94.